The molecule has 0 aliphatic heterocycles. The topological polar surface area (TPSA) is 162 Å². The first kappa shape index (κ1) is 13.5. The Labute approximate surface area is 78.7 Å². The summed E-state index contributed by atoms with van der Waals surface area (Å²) >= 11 is 0. The third-order valence-electron chi connectivity index (χ3n) is 1.19. The van der Waals surface area contributed by atoms with Crippen molar-refractivity contribution < 1.29 is 33.9 Å². The second-order valence-corrected chi connectivity index (χ2v) is 3.55. The van der Waals surface area contributed by atoms with Crippen molar-refractivity contribution in [1.82, 2.24) is 5.43 Å². The highest BCUT2D eigenvalue weighted by atomic mass is 31.2. The lowest BCUT2D eigenvalue weighted by atomic mass is 10.2. The first-order valence-electron chi connectivity index (χ1n) is 3.34. The van der Waals surface area contributed by atoms with Crippen LogP contribution < -0.4 is 11.3 Å². The normalized spacial score (nSPS) is 16.1. The van der Waals surface area contributed by atoms with Gasteiger partial charge in [-0.25, -0.2) is 10.4 Å². The summed E-state index contributed by atoms with van der Waals surface area (Å²) in [5, 5.41) is 17.9. The first-order chi connectivity index (χ1) is 6.28. The predicted molar refractivity (Wildman–Crippen MR) is 42.3 cm³/mol. The fourth-order valence-electron chi connectivity index (χ4n) is 0.525. The van der Waals surface area contributed by atoms with Gasteiger partial charge in [0, 0.05) is 0 Å². The maximum absolute atomic E-state index is 10.6. The molecular weight excluding hydrogens is 219 g/mol. The van der Waals surface area contributed by atoms with Crippen molar-refractivity contribution in [3.05, 3.63) is 0 Å². The van der Waals surface area contributed by atoms with Gasteiger partial charge in [0.15, 0.2) is 6.10 Å². The molecule has 84 valence electrons. The number of aliphatic hydroxyl groups excluding tert-OH is 2. The van der Waals surface area contributed by atoms with Crippen LogP contribution in [0.4, 0.5) is 0 Å². The Bertz CT molecular complexity index is 240. The second-order valence-electron chi connectivity index (χ2n) is 2.31. The minimum atomic E-state index is -4.73. The van der Waals surface area contributed by atoms with Crippen molar-refractivity contribution in [3.63, 3.8) is 0 Å². The molecule has 2 atom stereocenters. The van der Waals surface area contributed by atoms with Gasteiger partial charge in [-0.1, -0.05) is 0 Å². The van der Waals surface area contributed by atoms with Gasteiger partial charge in [-0.05, 0) is 0 Å². The van der Waals surface area contributed by atoms with E-state index in [1.54, 1.807) is 5.43 Å². The summed E-state index contributed by atoms with van der Waals surface area (Å²) in [5.74, 6) is 3.54. The summed E-state index contributed by atoms with van der Waals surface area (Å²) in [4.78, 5) is 27.0. The van der Waals surface area contributed by atoms with Crippen LogP contribution in [0, 0.1) is 0 Å². The summed E-state index contributed by atoms with van der Waals surface area (Å²) in [6.07, 6.45) is -3.68. The minimum Gasteiger partial charge on any atom is -0.387 e. The Kier molecular flexibility index (Phi) is 5.16. The van der Waals surface area contributed by atoms with Crippen LogP contribution in [0.25, 0.3) is 0 Å². The van der Waals surface area contributed by atoms with Crippen LogP contribution in [0.5, 0.6) is 0 Å². The zero-order chi connectivity index (χ0) is 11.4. The molecule has 0 unspecified atom stereocenters. The third kappa shape index (κ3) is 5.25. The number of aliphatic hydroxyl groups is 2. The van der Waals surface area contributed by atoms with Crippen LogP contribution in [-0.2, 0) is 13.9 Å². The summed E-state index contributed by atoms with van der Waals surface area (Å²) in [6, 6.07) is 0. The highest BCUT2D eigenvalue weighted by Crippen LogP contribution is 2.35. The molecule has 0 saturated carbocycles. The molecular formula is C4H11N2O7P. The largest absolute Gasteiger partial charge is 0.469 e. The van der Waals surface area contributed by atoms with Crippen molar-refractivity contribution in [1.29, 1.82) is 0 Å². The number of rotatable bonds is 5. The van der Waals surface area contributed by atoms with E-state index < -0.39 is 32.5 Å². The van der Waals surface area contributed by atoms with Crippen molar-refractivity contribution in [3.8, 4) is 0 Å². The Balaban J connectivity index is 4.02. The van der Waals surface area contributed by atoms with Gasteiger partial charge in [0.2, 0.25) is 0 Å². The van der Waals surface area contributed by atoms with Crippen LogP contribution >= 0.6 is 7.82 Å². The summed E-state index contributed by atoms with van der Waals surface area (Å²) in [5.41, 5.74) is 1.54. The molecule has 0 fully saturated rings. The van der Waals surface area contributed by atoms with Crippen molar-refractivity contribution >= 4 is 13.7 Å². The molecule has 7 N–H and O–H groups in total. The predicted octanol–water partition coefficient (Wildman–Crippen LogP) is -3.19. The summed E-state index contributed by atoms with van der Waals surface area (Å²) in [7, 11) is -4.73. The molecule has 0 aromatic carbocycles. The molecule has 0 heterocycles. The maximum Gasteiger partial charge on any atom is 0.469 e. The van der Waals surface area contributed by atoms with Crippen molar-refractivity contribution in [2.24, 2.45) is 5.84 Å². The molecule has 1 amide bonds. The zero-order valence-corrected chi connectivity index (χ0v) is 7.79. The van der Waals surface area contributed by atoms with E-state index in [4.69, 9.17) is 20.0 Å². The molecule has 0 aromatic heterocycles. The van der Waals surface area contributed by atoms with Crippen LogP contribution in [0.3, 0.4) is 0 Å². The van der Waals surface area contributed by atoms with Crippen LogP contribution in [0.2, 0.25) is 0 Å². The quantitative estimate of drug-likeness (QED) is 0.124. The lowest BCUT2D eigenvalue weighted by molar-refractivity contribution is -0.136. The Morgan fingerprint density at radius 2 is 2.00 bits per heavy atom. The number of phosphoric ester groups is 1. The number of hydrogen-bond donors (Lipinski definition) is 6. The number of hydrazine groups is 1. The van der Waals surface area contributed by atoms with Gasteiger partial charge >= 0.3 is 7.82 Å². The van der Waals surface area contributed by atoms with Gasteiger partial charge in [-0.3, -0.25) is 14.7 Å². The number of nitrogens with two attached hydrogens (primary N) is 1. The number of carbonyl (C=O) groups is 1. The fraction of sp³-hybridized carbons (Fsp3) is 0.750. The lowest BCUT2D eigenvalue weighted by Gasteiger charge is -2.16. The van der Waals surface area contributed by atoms with Crippen molar-refractivity contribution in [2.75, 3.05) is 6.61 Å². The Morgan fingerprint density at radius 3 is 2.36 bits per heavy atom. The van der Waals surface area contributed by atoms with Gasteiger partial charge in [-0.15, -0.1) is 0 Å². The van der Waals surface area contributed by atoms with Crippen LogP contribution in [0.1, 0.15) is 0 Å². The molecule has 14 heavy (non-hydrogen) atoms. The van der Waals surface area contributed by atoms with E-state index in [-0.39, 0.29) is 0 Å². The minimum absolute atomic E-state index is 0.890. The zero-order valence-electron chi connectivity index (χ0n) is 6.90. The van der Waals surface area contributed by atoms with Gasteiger partial charge in [0.05, 0.1) is 6.61 Å². The van der Waals surface area contributed by atoms with E-state index in [0.29, 0.717) is 0 Å². The lowest BCUT2D eigenvalue weighted by Crippen LogP contribution is -2.46. The Morgan fingerprint density at radius 1 is 1.50 bits per heavy atom. The van der Waals surface area contributed by atoms with Gasteiger partial charge in [0.1, 0.15) is 6.10 Å². The van der Waals surface area contributed by atoms with Crippen LogP contribution in [-0.4, -0.2) is 44.7 Å². The van der Waals surface area contributed by atoms with Gasteiger partial charge in [0.25, 0.3) is 5.91 Å². The van der Waals surface area contributed by atoms with Crippen molar-refractivity contribution in [2.45, 2.75) is 12.2 Å². The molecule has 0 rings (SSSR count). The average Bonchev–Trinajstić information content (AvgIpc) is 2.10. The molecule has 0 spiro atoms. The Hall–Kier alpha value is -0.540. The molecule has 0 bridgehead atoms. The summed E-state index contributed by atoms with van der Waals surface area (Å²) < 4.78 is 14.0. The van der Waals surface area contributed by atoms with Gasteiger partial charge in [-0.2, -0.15) is 0 Å². The maximum atomic E-state index is 10.6. The molecule has 0 radical (unpaired) electrons. The number of nitrogens with one attached hydrogen (secondary N) is 1. The van der Waals surface area contributed by atoms with Crippen LogP contribution in [0.15, 0.2) is 0 Å². The number of amides is 1. The second kappa shape index (κ2) is 5.37. The molecule has 9 nitrogen and oxygen atoms in total. The van der Waals surface area contributed by atoms with E-state index in [9.17, 15) is 9.36 Å². The smallest absolute Gasteiger partial charge is 0.387 e. The molecule has 0 saturated heterocycles. The van der Waals surface area contributed by atoms with E-state index >= 15 is 0 Å². The molecule has 10 heteroatoms. The highest BCUT2D eigenvalue weighted by molar-refractivity contribution is 7.46. The van der Waals surface area contributed by atoms with E-state index in [1.165, 1.54) is 0 Å². The van der Waals surface area contributed by atoms with Gasteiger partial charge < -0.3 is 20.0 Å². The molecule has 0 aromatic rings. The third-order valence-corrected chi connectivity index (χ3v) is 1.67. The SMILES string of the molecule is NNC(=O)[C@H](O)[C@H](O)COP(=O)(O)O. The molecule has 0 aliphatic rings. The molecule has 0 aliphatic carbocycles. The standard InChI is InChI=1S/C4H11N2O7P/c5-6-4(9)3(8)2(7)1-13-14(10,11)12/h2-3,7-8H,1,5H2,(H,6,9)(H2,10,11,12)/t2-,3-/m1/s1. The monoisotopic (exact) mass is 230 g/mol. The van der Waals surface area contributed by atoms with E-state index in [1.807, 2.05) is 0 Å². The number of hydrogen-bond acceptors (Lipinski definition) is 6. The fourth-order valence-corrected chi connectivity index (χ4v) is 0.872. The highest BCUT2D eigenvalue weighted by Gasteiger charge is 2.26. The summed E-state index contributed by atoms with van der Waals surface area (Å²) in [6.45, 7) is -0.890. The number of carbonyl (C=O) groups excluding carboxylic acids is 1. The number of phosphoric acid groups is 1. The average molecular weight is 230 g/mol. The van der Waals surface area contributed by atoms with E-state index in [2.05, 4.69) is 10.4 Å². The van der Waals surface area contributed by atoms with E-state index in [0.717, 1.165) is 0 Å². The first-order valence-corrected chi connectivity index (χ1v) is 4.87.